The van der Waals surface area contributed by atoms with Crippen LogP contribution in [0.3, 0.4) is 0 Å². The molecule has 4 aromatic rings. The van der Waals surface area contributed by atoms with E-state index >= 15 is 0 Å². The lowest BCUT2D eigenvalue weighted by Gasteiger charge is -2.25. The van der Waals surface area contributed by atoms with Crippen LogP contribution in [0.25, 0.3) is 11.2 Å². The van der Waals surface area contributed by atoms with Crippen molar-refractivity contribution in [3.05, 3.63) is 72.8 Å². The molecule has 1 aliphatic heterocycles. The van der Waals surface area contributed by atoms with Crippen LogP contribution < -0.4 is 4.90 Å². The predicted molar refractivity (Wildman–Crippen MR) is 115 cm³/mol. The largest absolute Gasteiger partial charge is 0.353 e. The molecule has 0 aliphatic carbocycles. The summed E-state index contributed by atoms with van der Waals surface area (Å²) in [6.45, 7) is 4.70. The molecular formula is C22H24N8. The zero-order valence-corrected chi connectivity index (χ0v) is 16.7. The Balaban J connectivity index is 1.41. The third kappa shape index (κ3) is 4.13. The molecule has 1 unspecified atom stereocenters. The molecule has 8 nitrogen and oxygen atoms in total. The minimum absolute atomic E-state index is 0.404. The highest BCUT2D eigenvalue weighted by Crippen LogP contribution is 2.24. The van der Waals surface area contributed by atoms with Gasteiger partial charge in [0.15, 0.2) is 11.5 Å². The molecule has 5 rings (SSSR count). The first-order valence-electron chi connectivity index (χ1n) is 10.3. The second-order valence-corrected chi connectivity index (χ2v) is 7.73. The number of H-pyrrole nitrogens is 1. The number of benzene rings is 1. The molecule has 152 valence electrons. The number of aromatic amines is 1. The van der Waals surface area contributed by atoms with Crippen molar-refractivity contribution in [2.75, 3.05) is 31.1 Å². The summed E-state index contributed by atoms with van der Waals surface area (Å²) in [4.78, 5) is 30.0. The fraction of sp³-hybridized carbons (Fsp3) is 0.318. The van der Waals surface area contributed by atoms with E-state index in [9.17, 15) is 0 Å². The Kier molecular flexibility index (Phi) is 5.30. The molecule has 0 saturated carbocycles. The molecule has 8 heteroatoms. The molecule has 0 radical (unpaired) electrons. The number of nitrogens with one attached hydrogen (secondary N) is 1. The molecule has 1 N–H and O–H groups in total. The Morgan fingerprint density at radius 1 is 0.967 bits per heavy atom. The number of imidazole rings is 1. The maximum atomic E-state index is 4.59. The van der Waals surface area contributed by atoms with Gasteiger partial charge in [0.25, 0.3) is 0 Å². The van der Waals surface area contributed by atoms with Crippen LogP contribution in [-0.2, 0) is 13.0 Å². The second-order valence-electron chi connectivity index (χ2n) is 7.73. The maximum absolute atomic E-state index is 4.59. The number of aromatic nitrogens is 6. The van der Waals surface area contributed by atoms with Crippen LogP contribution in [0, 0.1) is 5.92 Å². The summed E-state index contributed by atoms with van der Waals surface area (Å²) in [5.74, 6) is 1.32. The number of rotatable bonds is 5. The third-order valence-electron chi connectivity index (χ3n) is 5.55. The van der Waals surface area contributed by atoms with Crippen LogP contribution in [-0.4, -0.2) is 61.0 Å². The number of hydrogen-bond donors (Lipinski definition) is 1. The van der Waals surface area contributed by atoms with Gasteiger partial charge < -0.3 is 9.88 Å². The fourth-order valence-corrected chi connectivity index (χ4v) is 4.21. The minimum Gasteiger partial charge on any atom is -0.353 e. The summed E-state index contributed by atoms with van der Waals surface area (Å²) in [7, 11) is 0. The van der Waals surface area contributed by atoms with Crippen molar-refractivity contribution in [2.24, 2.45) is 5.92 Å². The van der Waals surface area contributed by atoms with Gasteiger partial charge in [0, 0.05) is 51.3 Å². The Bertz CT molecular complexity index is 1080. The van der Waals surface area contributed by atoms with Crippen molar-refractivity contribution in [3.8, 4) is 0 Å². The van der Waals surface area contributed by atoms with Crippen LogP contribution >= 0.6 is 0 Å². The first-order chi connectivity index (χ1) is 14.8. The SMILES string of the molecule is c1ccc(CN2CCN(c3ncnc4nc[nH]c34)CC(Cc3cnccn3)C2)cc1. The van der Waals surface area contributed by atoms with Crippen molar-refractivity contribution >= 4 is 17.0 Å². The van der Waals surface area contributed by atoms with Crippen LogP contribution in [0.5, 0.6) is 0 Å². The summed E-state index contributed by atoms with van der Waals surface area (Å²) < 4.78 is 0. The van der Waals surface area contributed by atoms with Crippen molar-refractivity contribution in [3.63, 3.8) is 0 Å². The number of fused-ring (bicyclic) bond motifs is 1. The van der Waals surface area contributed by atoms with Gasteiger partial charge in [-0.3, -0.25) is 14.9 Å². The second kappa shape index (κ2) is 8.54. The predicted octanol–water partition coefficient (Wildman–Crippen LogP) is 2.32. The summed E-state index contributed by atoms with van der Waals surface area (Å²) in [5, 5.41) is 0. The van der Waals surface area contributed by atoms with Crippen molar-refractivity contribution in [1.29, 1.82) is 0 Å². The first kappa shape index (κ1) is 18.6. The smallest absolute Gasteiger partial charge is 0.182 e. The molecular weight excluding hydrogens is 376 g/mol. The molecule has 1 saturated heterocycles. The Morgan fingerprint density at radius 3 is 2.77 bits per heavy atom. The summed E-state index contributed by atoms with van der Waals surface area (Å²) in [6, 6.07) is 10.7. The van der Waals surface area contributed by atoms with E-state index in [1.807, 2.05) is 6.20 Å². The number of anilines is 1. The monoisotopic (exact) mass is 400 g/mol. The van der Waals surface area contributed by atoms with Crippen LogP contribution in [0.1, 0.15) is 11.3 Å². The lowest BCUT2D eigenvalue weighted by molar-refractivity contribution is 0.248. The summed E-state index contributed by atoms with van der Waals surface area (Å²) >= 11 is 0. The van der Waals surface area contributed by atoms with Gasteiger partial charge in [0.1, 0.15) is 11.8 Å². The van der Waals surface area contributed by atoms with Gasteiger partial charge in [-0.15, -0.1) is 0 Å². The van der Waals surface area contributed by atoms with Gasteiger partial charge in [-0.2, -0.15) is 0 Å². The van der Waals surface area contributed by atoms with E-state index in [2.05, 4.69) is 70.0 Å². The fourth-order valence-electron chi connectivity index (χ4n) is 4.21. The standard InChI is InChI=1S/C22H24N8/c1-2-4-17(5-3-1)12-29-8-9-30(22-20-21(26-15-25-20)27-16-28-22)14-18(13-29)10-19-11-23-6-7-24-19/h1-7,11,15-16,18H,8-10,12-14H2,(H,25,26,27,28). The average molecular weight is 400 g/mol. The van der Waals surface area contributed by atoms with Gasteiger partial charge in [0.05, 0.1) is 12.0 Å². The van der Waals surface area contributed by atoms with E-state index in [0.717, 1.165) is 56.2 Å². The summed E-state index contributed by atoms with van der Waals surface area (Å²) in [6.07, 6.45) is 9.52. The molecule has 1 atom stereocenters. The highest BCUT2D eigenvalue weighted by Gasteiger charge is 2.26. The van der Waals surface area contributed by atoms with Crippen LogP contribution in [0.2, 0.25) is 0 Å². The van der Waals surface area contributed by atoms with E-state index in [-0.39, 0.29) is 0 Å². The van der Waals surface area contributed by atoms with E-state index in [0.29, 0.717) is 11.6 Å². The van der Waals surface area contributed by atoms with Crippen LogP contribution in [0.15, 0.2) is 61.6 Å². The third-order valence-corrected chi connectivity index (χ3v) is 5.55. The molecule has 30 heavy (non-hydrogen) atoms. The zero-order chi connectivity index (χ0) is 20.2. The molecule has 0 spiro atoms. The molecule has 0 bridgehead atoms. The van der Waals surface area contributed by atoms with Gasteiger partial charge in [-0.1, -0.05) is 30.3 Å². The highest BCUT2D eigenvalue weighted by atomic mass is 15.3. The van der Waals surface area contributed by atoms with Crippen molar-refractivity contribution in [1.82, 2.24) is 34.8 Å². The number of nitrogens with zero attached hydrogens (tertiary/aromatic N) is 7. The number of hydrogen-bond acceptors (Lipinski definition) is 7. The van der Waals surface area contributed by atoms with Gasteiger partial charge in [0.2, 0.25) is 0 Å². The molecule has 1 aliphatic rings. The molecule has 1 aromatic carbocycles. The van der Waals surface area contributed by atoms with E-state index < -0.39 is 0 Å². The molecule has 4 heterocycles. The lowest BCUT2D eigenvalue weighted by Crippen LogP contribution is -2.32. The molecule has 0 amide bonds. The molecule has 1 fully saturated rings. The van der Waals surface area contributed by atoms with Gasteiger partial charge in [-0.05, 0) is 17.9 Å². The van der Waals surface area contributed by atoms with E-state index in [4.69, 9.17) is 0 Å². The van der Waals surface area contributed by atoms with Gasteiger partial charge >= 0.3 is 0 Å². The minimum atomic E-state index is 0.404. The topological polar surface area (TPSA) is 86.7 Å². The Labute approximate surface area is 175 Å². The maximum Gasteiger partial charge on any atom is 0.182 e. The van der Waals surface area contributed by atoms with Crippen LogP contribution in [0.4, 0.5) is 5.82 Å². The lowest BCUT2D eigenvalue weighted by atomic mass is 10.0. The first-order valence-corrected chi connectivity index (χ1v) is 10.3. The van der Waals surface area contributed by atoms with E-state index in [1.54, 1.807) is 25.0 Å². The average Bonchev–Trinajstić information content (AvgIpc) is 3.18. The van der Waals surface area contributed by atoms with E-state index in [1.165, 1.54) is 5.56 Å². The molecule has 3 aromatic heterocycles. The Hall–Kier alpha value is -3.39. The van der Waals surface area contributed by atoms with Crippen molar-refractivity contribution < 1.29 is 0 Å². The highest BCUT2D eigenvalue weighted by molar-refractivity contribution is 5.82. The normalized spacial score (nSPS) is 17.9. The quantitative estimate of drug-likeness (QED) is 0.550. The summed E-state index contributed by atoms with van der Waals surface area (Å²) in [5.41, 5.74) is 3.96. The Morgan fingerprint density at radius 2 is 1.90 bits per heavy atom. The van der Waals surface area contributed by atoms with Gasteiger partial charge in [-0.25, -0.2) is 15.0 Å². The van der Waals surface area contributed by atoms with Crippen molar-refractivity contribution in [2.45, 2.75) is 13.0 Å². The zero-order valence-electron chi connectivity index (χ0n) is 16.7.